The third-order valence-corrected chi connectivity index (χ3v) is 6.60. The van der Waals surface area contributed by atoms with Crippen LogP contribution < -0.4 is 11.1 Å². The van der Waals surface area contributed by atoms with E-state index in [1.807, 2.05) is 24.3 Å². The first kappa shape index (κ1) is 19.7. The Morgan fingerprint density at radius 3 is 2.45 bits per heavy atom. The van der Waals surface area contributed by atoms with Gasteiger partial charge in [0.05, 0.1) is 5.92 Å². The van der Waals surface area contributed by atoms with Crippen molar-refractivity contribution in [3.63, 3.8) is 0 Å². The number of nitrogens with two attached hydrogens (primary N) is 1. The smallest absolute Gasteiger partial charge is 0.317 e. The molecule has 3 aliphatic rings. The summed E-state index contributed by atoms with van der Waals surface area (Å²) in [5.41, 5.74) is 7.77. The number of hydrogen-bond acceptors (Lipinski definition) is 3. The molecule has 1 saturated carbocycles. The van der Waals surface area contributed by atoms with Gasteiger partial charge in [0.15, 0.2) is 0 Å². The molecule has 0 spiro atoms. The minimum absolute atomic E-state index is 0.0650. The molecule has 7 heteroatoms. The monoisotopic (exact) mass is 398 g/mol. The number of rotatable bonds is 3. The number of benzene rings is 1. The van der Waals surface area contributed by atoms with Gasteiger partial charge in [-0.05, 0) is 36.8 Å². The summed E-state index contributed by atoms with van der Waals surface area (Å²) in [4.78, 5) is 41.5. The molecule has 2 atom stereocenters. The molecule has 2 heterocycles. The second-order valence-corrected chi connectivity index (χ2v) is 8.57. The van der Waals surface area contributed by atoms with Gasteiger partial charge in [0.2, 0.25) is 11.8 Å². The van der Waals surface area contributed by atoms with Crippen molar-refractivity contribution < 1.29 is 14.4 Å². The first-order valence-electron chi connectivity index (χ1n) is 10.7. The van der Waals surface area contributed by atoms with E-state index in [0.29, 0.717) is 26.1 Å². The largest absolute Gasteiger partial charge is 0.368 e. The summed E-state index contributed by atoms with van der Waals surface area (Å²) in [5.74, 6) is -0.827. The highest BCUT2D eigenvalue weighted by molar-refractivity contribution is 5.89. The molecule has 3 N–H and O–H groups in total. The lowest BCUT2D eigenvalue weighted by molar-refractivity contribution is -0.145. The first-order chi connectivity index (χ1) is 14.0. The standard InChI is InChI=1S/C22H30N4O3/c23-20(27)19-12-15-6-1-2-7-16(15)14-26(19)21(28)17-8-5-11-25(13-17)22(29)24-18-9-3-4-10-18/h1-2,6-7,17-19H,3-5,8-14H2,(H2,23,27)(H,24,29)/t17?,19-/m0/s1. The van der Waals surface area contributed by atoms with Crippen LogP contribution in [0.15, 0.2) is 24.3 Å². The maximum atomic E-state index is 13.4. The number of carbonyl (C=O) groups excluding carboxylic acids is 3. The van der Waals surface area contributed by atoms with Crippen molar-refractivity contribution in [1.82, 2.24) is 15.1 Å². The fraction of sp³-hybridized carbons (Fsp3) is 0.591. The first-order valence-corrected chi connectivity index (χ1v) is 10.7. The zero-order valence-electron chi connectivity index (χ0n) is 16.8. The Hall–Kier alpha value is -2.57. The van der Waals surface area contributed by atoms with Gasteiger partial charge in [0.25, 0.3) is 0 Å². The lowest BCUT2D eigenvalue weighted by atomic mass is 9.90. The van der Waals surface area contributed by atoms with E-state index < -0.39 is 11.9 Å². The molecule has 1 saturated heterocycles. The summed E-state index contributed by atoms with van der Waals surface area (Å²) in [6.07, 6.45) is 6.38. The van der Waals surface area contributed by atoms with Gasteiger partial charge < -0.3 is 20.9 Å². The van der Waals surface area contributed by atoms with Crippen LogP contribution in [0, 0.1) is 5.92 Å². The van der Waals surface area contributed by atoms with Crippen molar-refractivity contribution in [2.45, 2.75) is 63.6 Å². The Labute approximate surface area is 171 Å². The topological polar surface area (TPSA) is 95.7 Å². The van der Waals surface area contributed by atoms with Crippen molar-refractivity contribution in [2.24, 2.45) is 11.7 Å². The molecule has 1 aromatic rings. The number of likely N-dealkylation sites (tertiary alicyclic amines) is 1. The molecule has 0 aromatic heterocycles. The number of amides is 4. The summed E-state index contributed by atoms with van der Waals surface area (Å²) in [6.45, 7) is 1.47. The Morgan fingerprint density at radius 1 is 1.00 bits per heavy atom. The molecule has 0 radical (unpaired) electrons. The lowest BCUT2D eigenvalue weighted by Gasteiger charge is -2.40. The van der Waals surface area contributed by atoms with Gasteiger partial charge in [-0.15, -0.1) is 0 Å². The maximum Gasteiger partial charge on any atom is 0.317 e. The number of nitrogens with zero attached hydrogens (tertiary/aromatic N) is 2. The van der Waals surface area contributed by atoms with Gasteiger partial charge in [0, 0.05) is 32.1 Å². The number of carbonyl (C=O) groups is 3. The zero-order chi connectivity index (χ0) is 20.4. The molecule has 2 aliphatic heterocycles. The predicted molar refractivity (Wildman–Crippen MR) is 109 cm³/mol. The summed E-state index contributed by atoms with van der Waals surface area (Å²) in [7, 11) is 0. The maximum absolute atomic E-state index is 13.4. The van der Waals surface area contributed by atoms with E-state index >= 15 is 0 Å². The predicted octanol–water partition coefficient (Wildman–Crippen LogP) is 1.79. The fourth-order valence-corrected chi connectivity index (χ4v) is 4.94. The number of primary amides is 1. The van der Waals surface area contributed by atoms with Gasteiger partial charge in [-0.1, -0.05) is 37.1 Å². The van der Waals surface area contributed by atoms with E-state index in [9.17, 15) is 14.4 Å². The average Bonchev–Trinajstić information content (AvgIpc) is 3.25. The van der Waals surface area contributed by atoms with Gasteiger partial charge in [-0.25, -0.2) is 4.79 Å². The van der Waals surface area contributed by atoms with Crippen LogP contribution in [0.4, 0.5) is 4.79 Å². The SMILES string of the molecule is NC(=O)[C@@H]1Cc2ccccc2CN1C(=O)C1CCCN(C(=O)NC2CCCC2)C1. The summed E-state index contributed by atoms with van der Waals surface area (Å²) < 4.78 is 0. The van der Waals surface area contributed by atoms with E-state index in [0.717, 1.165) is 49.7 Å². The molecule has 1 aliphatic carbocycles. The van der Waals surface area contributed by atoms with Crippen molar-refractivity contribution >= 4 is 17.8 Å². The Morgan fingerprint density at radius 2 is 1.72 bits per heavy atom. The van der Waals surface area contributed by atoms with Crippen LogP contribution in [0.5, 0.6) is 0 Å². The second kappa shape index (κ2) is 8.43. The molecular weight excluding hydrogens is 368 g/mol. The van der Waals surface area contributed by atoms with Crippen LogP contribution >= 0.6 is 0 Å². The number of urea groups is 1. The van der Waals surface area contributed by atoms with E-state index in [2.05, 4.69) is 5.32 Å². The van der Waals surface area contributed by atoms with Crippen LogP contribution in [0.25, 0.3) is 0 Å². The average molecular weight is 399 g/mol. The highest BCUT2D eigenvalue weighted by atomic mass is 16.2. The molecule has 7 nitrogen and oxygen atoms in total. The molecule has 29 heavy (non-hydrogen) atoms. The number of nitrogens with one attached hydrogen (secondary N) is 1. The number of fused-ring (bicyclic) bond motifs is 1. The van der Waals surface area contributed by atoms with Gasteiger partial charge in [-0.3, -0.25) is 9.59 Å². The van der Waals surface area contributed by atoms with Gasteiger partial charge in [-0.2, -0.15) is 0 Å². The number of hydrogen-bond donors (Lipinski definition) is 2. The Kier molecular flexibility index (Phi) is 5.74. The normalized spacial score (nSPS) is 24.8. The lowest BCUT2D eigenvalue weighted by Crippen LogP contribution is -2.56. The van der Waals surface area contributed by atoms with Crippen LogP contribution in [-0.2, 0) is 22.6 Å². The third-order valence-electron chi connectivity index (χ3n) is 6.60. The molecule has 1 aromatic carbocycles. The molecule has 4 rings (SSSR count). The van der Waals surface area contributed by atoms with Crippen molar-refractivity contribution in [1.29, 1.82) is 0 Å². The second-order valence-electron chi connectivity index (χ2n) is 8.57. The van der Waals surface area contributed by atoms with Gasteiger partial charge >= 0.3 is 6.03 Å². The van der Waals surface area contributed by atoms with Gasteiger partial charge in [0.1, 0.15) is 6.04 Å². The van der Waals surface area contributed by atoms with Crippen molar-refractivity contribution in [2.75, 3.05) is 13.1 Å². The van der Waals surface area contributed by atoms with Crippen LogP contribution in [0.2, 0.25) is 0 Å². The van der Waals surface area contributed by atoms with Crippen LogP contribution in [-0.4, -0.2) is 52.8 Å². The quantitative estimate of drug-likeness (QED) is 0.812. The third kappa shape index (κ3) is 4.23. The molecular formula is C22H30N4O3. The minimum atomic E-state index is -0.625. The van der Waals surface area contributed by atoms with E-state index in [1.54, 1.807) is 9.80 Å². The summed E-state index contributed by atoms with van der Waals surface area (Å²) >= 11 is 0. The molecule has 0 bridgehead atoms. The molecule has 2 fully saturated rings. The van der Waals surface area contributed by atoms with E-state index in [-0.39, 0.29) is 23.9 Å². The fourth-order valence-electron chi connectivity index (χ4n) is 4.94. The summed E-state index contributed by atoms with van der Waals surface area (Å²) in [5, 5.41) is 3.12. The van der Waals surface area contributed by atoms with E-state index in [4.69, 9.17) is 5.73 Å². The van der Waals surface area contributed by atoms with Crippen molar-refractivity contribution in [3.8, 4) is 0 Å². The highest BCUT2D eigenvalue weighted by Crippen LogP contribution is 2.28. The molecule has 4 amide bonds. The molecule has 1 unspecified atom stereocenters. The van der Waals surface area contributed by atoms with E-state index in [1.165, 1.54) is 0 Å². The van der Waals surface area contributed by atoms with Crippen LogP contribution in [0.1, 0.15) is 49.7 Å². The zero-order valence-corrected chi connectivity index (χ0v) is 16.8. The highest BCUT2D eigenvalue weighted by Gasteiger charge is 2.38. The molecule has 156 valence electrons. The Bertz CT molecular complexity index is 790. The summed E-state index contributed by atoms with van der Waals surface area (Å²) in [6, 6.07) is 7.44. The van der Waals surface area contributed by atoms with Crippen LogP contribution in [0.3, 0.4) is 0 Å². The van der Waals surface area contributed by atoms with Crippen molar-refractivity contribution in [3.05, 3.63) is 35.4 Å². The minimum Gasteiger partial charge on any atom is -0.368 e. The number of piperidine rings is 1. The Balaban J connectivity index is 1.44.